The summed E-state index contributed by atoms with van der Waals surface area (Å²) in [6.45, 7) is 3.22. The summed E-state index contributed by atoms with van der Waals surface area (Å²) in [6.07, 6.45) is 0.320. The highest BCUT2D eigenvalue weighted by Crippen LogP contribution is 2.27. The molecule has 102 valence electrons. The Hall–Kier alpha value is -1.98. The minimum atomic E-state index is -1.11. The van der Waals surface area contributed by atoms with Crippen LogP contribution < -0.4 is 10.2 Å². The highest BCUT2D eigenvalue weighted by Gasteiger charge is 2.39. The Bertz CT molecular complexity index is 533. The van der Waals surface area contributed by atoms with Gasteiger partial charge in [-0.3, -0.25) is 14.5 Å². The molecule has 4 nitrogen and oxygen atoms in total. The molecule has 0 aliphatic carbocycles. The number of halogens is 2. The van der Waals surface area contributed by atoms with Crippen molar-refractivity contribution in [2.45, 2.75) is 32.4 Å². The fraction of sp³-hybridized carbons (Fsp3) is 0.385. The summed E-state index contributed by atoms with van der Waals surface area (Å²) in [7, 11) is 0. The van der Waals surface area contributed by atoms with E-state index in [0.29, 0.717) is 6.42 Å². The molecule has 0 saturated carbocycles. The van der Waals surface area contributed by atoms with Gasteiger partial charge in [0.15, 0.2) is 11.6 Å². The molecule has 2 unspecified atom stereocenters. The summed E-state index contributed by atoms with van der Waals surface area (Å²) in [6, 6.07) is 2.00. The van der Waals surface area contributed by atoms with E-state index < -0.39 is 29.6 Å². The number of amides is 2. The number of piperazine rings is 1. The maximum atomic E-state index is 13.8. The second-order valence-corrected chi connectivity index (χ2v) is 4.44. The van der Waals surface area contributed by atoms with Gasteiger partial charge in [0.05, 0.1) is 5.69 Å². The predicted molar refractivity (Wildman–Crippen MR) is 65.5 cm³/mol. The average molecular weight is 268 g/mol. The molecule has 1 fully saturated rings. The quantitative estimate of drug-likeness (QED) is 0.885. The van der Waals surface area contributed by atoms with Crippen LogP contribution in [-0.4, -0.2) is 23.9 Å². The van der Waals surface area contributed by atoms with Crippen molar-refractivity contribution in [3.63, 3.8) is 0 Å². The molecule has 1 heterocycles. The van der Waals surface area contributed by atoms with Crippen molar-refractivity contribution >= 4 is 17.5 Å². The van der Waals surface area contributed by atoms with Gasteiger partial charge in [-0.15, -0.1) is 0 Å². The van der Waals surface area contributed by atoms with Gasteiger partial charge >= 0.3 is 0 Å². The molecule has 0 spiro atoms. The highest BCUT2D eigenvalue weighted by molar-refractivity contribution is 6.08. The van der Waals surface area contributed by atoms with Gasteiger partial charge in [-0.05, 0) is 25.5 Å². The summed E-state index contributed by atoms with van der Waals surface area (Å²) in [4.78, 5) is 25.0. The van der Waals surface area contributed by atoms with Crippen LogP contribution in [0, 0.1) is 11.6 Å². The van der Waals surface area contributed by atoms with Gasteiger partial charge in [0.2, 0.25) is 11.8 Å². The summed E-state index contributed by atoms with van der Waals surface area (Å²) < 4.78 is 27.1. The molecule has 1 aliphatic heterocycles. The minimum absolute atomic E-state index is 0.196. The second kappa shape index (κ2) is 4.95. The molecule has 0 bridgehead atoms. The number of hydrogen-bond acceptors (Lipinski definition) is 2. The van der Waals surface area contributed by atoms with E-state index in [1.165, 1.54) is 19.1 Å². The monoisotopic (exact) mass is 268 g/mol. The first-order chi connectivity index (χ1) is 8.97. The Morgan fingerprint density at radius 2 is 2.00 bits per heavy atom. The van der Waals surface area contributed by atoms with Crippen LogP contribution in [0.5, 0.6) is 0 Å². The van der Waals surface area contributed by atoms with Crippen LogP contribution in [0.1, 0.15) is 20.3 Å². The zero-order valence-electron chi connectivity index (χ0n) is 10.6. The molecule has 1 saturated heterocycles. The highest BCUT2D eigenvalue weighted by atomic mass is 19.2. The number of anilines is 1. The lowest BCUT2D eigenvalue weighted by molar-refractivity contribution is -0.133. The molecule has 6 heteroatoms. The third-order valence-corrected chi connectivity index (χ3v) is 3.16. The van der Waals surface area contributed by atoms with E-state index in [0.717, 1.165) is 11.0 Å². The Morgan fingerprint density at radius 3 is 2.63 bits per heavy atom. The van der Waals surface area contributed by atoms with Crippen LogP contribution in [0.15, 0.2) is 18.2 Å². The number of carbonyl (C=O) groups excluding carboxylic acids is 2. The van der Waals surface area contributed by atoms with Gasteiger partial charge in [0.1, 0.15) is 12.1 Å². The third-order valence-electron chi connectivity index (χ3n) is 3.16. The zero-order valence-corrected chi connectivity index (χ0v) is 10.6. The van der Waals surface area contributed by atoms with Crippen LogP contribution in [0.2, 0.25) is 0 Å². The van der Waals surface area contributed by atoms with E-state index >= 15 is 0 Å². The molecule has 0 radical (unpaired) electrons. The molecule has 19 heavy (non-hydrogen) atoms. The Balaban J connectivity index is 2.52. The molecule has 0 aromatic heterocycles. The molecule has 1 aromatic carbocycles. The average Bonchev–Trinajstić information content (AvgIpc) is 2.37. The third kappa shape index (κ3) is 2.18. The Kier molecular flexibility index (Phi) is 3.50. The Labute approximate surface area is 109 Å². The topological polar surface area (TPSA) is 49.4 Å². The standard InChI is InChI=1S/C13H14F2N2O2/c1-3-9-12(18)16-7(2)13(19)17(9)10-6-4-5-8(14)11(10)15/h4-7,9H,3H2,1-2H3,(H,16,18). The first-order valence-corrected chi connectivity index (χ1v) is 6.04. The fourth-order valence-electron chi connectivity index (χ4n) is 2.18. The van der Waals surface area contributed by atoms with Crippen molar-refractivity contribution in [1.29, 1.82) is 0 Å². The van der Waals surface area contributed by atoms with E-state index in [9.17, 15) is 18.4 Å². The number of carbonyl (C=O) groups is 2. The SMILES string of the molecule is CCC1C(=O)NC(C)C(=O)N1c1cccc(F)c1F. The van der Waals surface area contributed by atoms with Crippen LogP contribution in [0.25, 0.3) is 0 Å². The van der Waals surface area contributed by atoms with Crippen LogP contribution >= 0.6 is 0 Å². The smallest absolute Gasteiger partial charge is 0.250 e. The summed E-state index contributed by atoms with van der Waals surface area (Å²) >= 11 is 0. The van der Waals surface area contributed by atoms with Gasteiger partial charge < -0.3 is 5.32 Å². The van der Waals surface area contributed by atoms with Crippen LogP contribution in [0.4, 0.5) is 14.5 Å². The van der Waals surface area contributed by atoms with Crippen molar-refractivity contribution in [1.82, 2.24) is 5.32 Å². The van der Waals surface area contributed by atoms with E-state index in [1.54, 1.807) is 6.92 Å². The molecular formula is C13H14F2N2O2. The maximum absolute atomic E-state index is 13.8. The summed E-state index contributed by atoms with van der Waals surface area (Å²) in [5, 5.41) is 2.52. The summed E-state index contributed by atoms with van der Waals surface area (Å²) in [5.41, 5.74) is -0.196. The second-order valence-electron chi connectivity index (χ2n) is 4.44. The predicted octanol–water partition coefficient (Wildman–Crippen LogP) is 1.59. The molecule has 1 aliphatic rings. The van der Waals surface area contributed by atoms with Crippen molar-refractivity contribution in [2.75, 3.05) is 4.90 Å². The molecule has 2 rings (SSSR count). The van der Waals surface area contributed by atoms with Gasteiger partial charge in [-0.1, -0.05) is 13.0 Å². The van der Waals surface area contributed by atoms with Crippen molar-refractivity contribution in [2.24, 2.45) is 0 Å². The molecule has 1 aromatic rings. The fourth-order valence-corrected chi connectivity index (χ4v) is 2.18. The van der Waals surface area contributed by atoms with E-state index in [2.05, 4.69) is 5.32 Å². The molecule has 2 amide bonds. The number of rotatable bonds is 2. The minimum Gasteiger partial charge on any atom is -0.343 e. The summed E-state index contributed by atoms with van der Waals surface area (Å²) in [5.74, 6) is -2.97. The van der Waals surface area contributed by atoms with E-state index in [-0.39, 0.29) is 11.6 Å². The normalized spacial score (nSPS) is 23.5. The first kappa shape index (κ1) is 13.5. The van der Waals surface area contributed by atoms with Crippen molar-refractivity contribution in [3.05, 3.63) is 29.8 Å². The van der Waals surface area contributed by atoms with Crippen molar-refractivity contribution < 1.29 is 18.4 Å². The van der Waals surface area contributed by atoms with Gasteiger partial charge in [-0.2, -0.15) is 0 Å². The lowest BCUT2D eigenvalue weighted by Gasteiger charge is -2.37. The lowest BCUT2D eigenvalue weighted by atomic mass is 10.0. The molecule has 2 atom stereocenters. The van der Waals surface area contributed by atoms with Gasteiger partial charge in [-0.25, -0.2) is 8.78 Å². The van der Waals surface area contributed by atoms with Crippen LogP contribution in [0.3, 0.4) is 0 Å². The largest absolute Gasteiger partial charge is 0.343 e. The number of nitrogens with one attached hydrogen (secondary N) is 1. The van der Waals surface area contributed by atoms with Gasteiger partial charge in [0, 0.05) is 0 Å². The molecular weight excluding hydrogens is 254 g/mol. The van der Waals surface area contributed by atoms with Gasteiger partial charge in [0.25, 0.3) is 0 Å². The Morgan fingerprint density at radius 1 is 1.32 bits per heavy atom. The van der Waals surface area contributed by atoms with Crippen LogP contribution in [-0.2, 0) is 9.59 Å². The van der Waals surface area contributed by atoms with E-state index in [4.69, 9.17) is 0 Å². The maximum Gasteiger partial charge on any atom is 0.250 e. The zero-order chi connectivity index (χ0) is 14.2. The number of hydrogen-bond donors (Lipinski definition) is 1. The van der Waals surface area contributed by atoms with Crippen molar-refractivity contribution in [3.8, 4) is 0 Å². The number of benzene rings is 1. The molecule has 1 N–H and O–H groups in total. The lowest BCUT2D eigenvalue weighted by Crippen LogP contribution is -2.62. The number of nitrogens with zero attached hydrogens (tertiary/aromatic N) is 1. The first-order valence-electron chi connectivity index (χ1n) is 6.04. The van der Waals surface area contributed by atoms with E-state index in [1.807, 2.05) is 0 Å².